The summed E-state index contributed by atoms with van der Waals surface area (Å²) in [4.78, 5) is 19.7. The number of amidine groups is 1. The van der Waals surface area contributed by atoms with Gasteiger partial charge in [-0.2, -0.15) is 0 Å². The van der Waals surface area contributed by atoms with Gasteiger partial charge in [-0.05, 0) is 63.1 Å². The minimum atomic E-state index is -0.844. The molecule has 9 heteroatoms. The molecule has 2 N–H and O–H groups in total. The SMILES string of the molecule is C=C1N=CN=C(Nc2ccc(Oc3ccc4c(c3)ncn4C)c(C)c2)/C1=N/C(=C)N1CC[C@H]1C(C)(C)O. The molecule has 9 nitrogen and oxygen atoms in total. The second-order valence-corrected chi connectivity index (χ2v) is 9.91. The number of nitrogens with zero attached hydrogens (tertiary/aromatic N) is 6. The summed E-state index contributed by atoms with van der Waals surface area (Å²) in [6, 6.07) is 11.6. The van der Waals surface area contributed by atoms with Crippen LogP contribution in [0.3, 0.4) is 0 Å². The van der Waals surface area contributed by atoms with Crippen molar-refractivity contribution in [2.75, 3.05) is 11.9 Å². The lowest BCUT2D eigenvalue weighted by Gasteiger charge is -2.48. The highest BCUT2D eigenvalue weighted by molar-refractivity contribution is 6.52. The van der Waals surface area contributed by atoms with Crippen molar-refractivity contribution in [2.45, 2.75) is 38.8 Å². The Labute approximate surface area is 216 Å². The third-order valence-electron chi connectivity index (χ3n) is 6.67. The van der Waals surface area contributed by atoms with Crippen molar-refractivity contribution >= 4 is 34.6 Å². The Balaban J connectivity index is 1.32. The molecule has 1 atom stereocenters. The van der Waals surface area contributed by atoms with Crippen LogP contribution >= 0.6 is 0 Å². The zero-order valence-electron chi connectivity index (χ0n) is 21.6. The number of aliphatic hydroxyl groups is 1. The van der Waals surface area contributed by atoms with Crippen molar-refractivity contribution in [3.63, 3.8) is 0 Å². The second kappa shape index (κ2) is 9.33. The highest BCUT2D eigenvalue weighted by Gasteiger charge is 2.39. The van der Waals surface area contributed by atoms with Gasteiger partial charge in [-0.1, -0.05) is 13.2 Å². The highest BCUT2D eigenvalue weighted by Crippen LogP contribution is 2.32. The van der Waals surface area contributed by atoms with E-state index in [-0.39, 0.29) is 6.04 Å². The summed E-state index contributed by atoms with van der Waals surface area (Å²) in [5.41, 5.74) is 3.86. The summed E-state index contributed by atoms with van der Waals surface area (Å²) >= 11 is 0. The zero-order valence-corrected chi connectivity index (χ0v) is 21.6. The van der Waals surface area contributed by atoms with Gasteiger partial charge in [0.1, 0.15) is 29.4 Å². The van der Waals surface area contributed by atoms with Crippen molar-refractivity contribution < 1.29 is 9.84 Å². The molecule has 37 heavy (non-hydrogen) atoms. The molecular formula is C28H31N7O2. The maximum atomic E-state index is 10.4. The van der Waals surface area contributed by atoms with Gasteiger partial charge >= 0.3 is 0 Å². The predicted octanol–water partition coefficient (Wildman–Crippen LogP) is 4.80. The summed E-state index contributed by atoms with van der Waals surface area (Å²) in [7, 11) is 1.97. The van der Waals surface area contributed by atoms with E-state index in [1.54, 1.807) is 20.2 Å². The average molecular weight is 498 g/mol. The maximum Gasteiger partial charge on any atom is 0.160 e. The fourth-order valence-corrected chi connectivity index (χ4v) is 4.53. The fraction of sp³-hybridized carbons (Fsp3) is 0.286. The molecule has 0 amide bonds. The number of likely N-dealkylation sites (tertiary alicyclic amines) is 1. The smallest absolute Gasteiger partial charge is 0.160 e. The van der Waals surface area contributed by atoms with Gasteiger partial charge in [-0.25, -0.2) is 20.0 Å². The zero-order chi connectivity index (χ0) is 26.3. The van der Waals surface area contributed by atoms with Gasteiger partial charge in [0, 0.05) is 25.3 Å². The quantitative estimate of drug-likeness (QED) is 0.510. The van der Waals surface area contributed by atoms with E-state index in [1.807, 2.05) is 59.8 Å². The number of aliphatic imine (C=N–C) groups is 3. The van der Waals surface area contributed by atoms with Crippen LogP contribution in [-0.4, -0.2) is 55.6 Å². The van der Waals surface area contributed by atoms with Crippen LogP contribution in [-0.2, 0) is 7.05 Å². The molecule has 2 aliphatic rings. The van der Waals surface area contributed by atoms with E-state index in [0.29, 0.717) is 23.1 Å². The van der Waals surface area contributed by atoms with Crippen molar-refractivity contribution in [1.29, 1.82) is 0 Å². The largest absolute Gasteiger partial charge is 0.457 e. The molecule has 3 heterocycles. The minimum absolute atomic E-state index is 0.0355. The lowest BCUT2D eigenvalue weighted by Crippen LogP contribution is -2.57. The van der Waals surface area contributed by atoms with E-state index in [9.17, 15) is 5.11 Å². The molecule has 1 aromatic heterocycles. The first kappa shape index (κ1) is 24.5. The molecule has 0 bridgehead atoms. The Morgan fingerprint density at radius 3 is 2.76 bits per heavy atom. The Morgan fingerprint density at radius 1 is 1.24 bits per heavy atom. The monoisotopic (exact) mass is 497 g/mol. The van der Waals surface area contributed by atoms with Crippen LogP contribution in [0.4, 0.5) is 5.69 Å². The van der Waals surface area contributed by atoms with Crippen molar-refractivity contribution in [3.8, 4) is 11.5 Å². The Morgan fingerprint density at radius 2 is 2.05 bits per heavy atom. The molecule has 0 radical (unpaired) electrons. The number of benzene rings is 2. The van der Waals surface area contributed by atoms with Gasteiger partial charge in [0.25, 0.3) is 0 Å². The first-order valence-electron chi connectivity index (χ1n) is 12.1. The second-order valence-electron chi connectivity index (χ2n) is 9.91. The molecule has 0 aliphatic carbocycles. The van der Waals surface area contributed by atoms with E-state index in [0.717, 1.165) is 46.7 Å². The first-order chi connectivity index (χ1) is 17.6. The third kappa shape index (κ3) is 4.90. The molecule has 190 valence electrons. The third-order valence-corrected chi connectivity index (χ3v) is 6.67. The number of anilines is 1. The van der Waals surface area contributed by atoms with Gasteiger partial charge in [0.05, 0.1) is 34.7 Å². The van der Waals surface area contributed by atoms with Gasteiger partial charge in [-0.3, -0.25) is 0 Å². The van der Waals surface area contributed by atoms with Crippen LogP contribution < -0.4 is 10.1 Å². The standard InChI is InChI=1S/C28H31N7O2/c1-17-13-20(7-10-24(17)37-21-8-9-23-22(14-21)31-16-34(23)6)33-27-26(18(2)29-15-30-27)32-19(3)35-12-11-25(35)28(4,5)36/h7-10,13-16,25,36H,2-3,11-12H2,1,4-6H3,(H,29,30,33)/b32-26+/t25-/m0/s1. The normalized spacial score (nSPS) is 18.7. The first-order valence-corrected chi connectivity index (χ1v) is 12.1. The lowest BCUT2D eigenvalue weighted by molar-refractivity contribution is -0.0535. The molecule has 0 saturated carbocycles. The highest BCUT2D eigenvalue weighted by atomic mass is 16.5. The van der Waals surface area contributed by atoms with Crippen molar-refractivity contribution in [1.82, 2.24) is 14.5 Å². The number of aryl methyl sites for hydroxylation is 2. The molecule has 2 aromatic carbocycles. The van der Waals surface area contributed by atoms with E-state index >= 15 is 0 Å². The van der Waals surface area contributed by atoms with Gasteiger partial charge < -0.3 is 24.6 Å². The fourth-order valence-electron chi connectivity index (χ4n) is 4.53. The van der Waals surface area contributed by atoms with Crippen LogP contribution in [0.5, 0.6) is 11.5 Å². The molecule has 1 saturated heterocycles. The van der Waals surface area contributed by atoms with Crippen LogP contribution in [0.15, 0.2) is 82.4 Å². The number of nitrogens with one attached hydrogen (secondary N) is 1. The van der Waals surface area contributed by atoms with Crippen LogP contribution in [0, 0.1) is 6.92 Å². The molecule has 3 aromatic rings. The molecular weight excluding hydrogens is 466 g/mol. The minimum Gasteiger partial charge on any atom is -0.457 e. The van der Waals surface area contributed by atoms with E-state index < -0.39 is 5.60 Å². The van der Waals surface area contributed by atoms with E-state index in [2.05, 4.69) is 33.4 Å². The van der Waals surface area contributed by atoms with Crippen LogP contribution in [0.25, 0.3) is 11.0 Å². The molecule has 1 fully saturated rings. The molecule has 0 spiro atoms. The summed E-state index contributed by atoms with van der Waals surface area (Å²) < 4.78 is 8.11. The van der Waals surface area contributed by atoms with Crippen molar-refractivity contribution in [3.05, 3.63) is 73.0 Å². The number of fused-ring (bicyclic) bond motifs is 1. The number of rotatable bonds is 6. The number of aromatic nitrogens is 2. The van der Waals surface area contributed by atoms with Gasteiger partial charge in [-0.15, -0.1) is 0 Å². The van der Waals surface area contributed by atoms with Crippen molar-refractivity contribution in [2.24, 2.45) is 22.0 Å². The molecule has 0 unspecified atom stereocenters. The Bertz CT molecular complexity index is 1490. The van der Waals surface area contributed by atoms with E-state index in [1.165, 1.54) is 6.34 Å². The average Bonchev–Trinajstić information content (AvgIpc) is 3.16. The Hall–Kier alpha value is -4.24. The predicted molar refractivity (Wildman–Crippen MR) is 149 cm³/mol. The number of hydrogen-bond donors (Lipinski definition) is 2. The van der Waals surface area contributed by atoms with Gasteiger partial charge in [0.2, 0.25) is 0 Å². The summed E-state index contributed by atoms with van der Waals surface area (Å²) in [6.07, 6.45) is 4.12. The number of imidazole rings is 1. The topological polar surface area (TPSA) is 99.6 Å². The molecule has 2 aliphatic heterocycles. The lowest BCUT2D eigenvalue weighted by atomic mass is 9.88. The Kier molecular flexibility index (Phi) is 6.16. The summed E-state index contributed by atoms with van der Waals surface area (Å²) in [5, 5.41) is 13.8. The number of ether oxygens (including phenoxy) is 1. The maximum absolute atomic E-state index is 10.4. The van der Waals surface area contributed by atoms with E-state index in [4.69, 9.17) is 9.73 Å². The van der Waals surface area contributed by atoms with Crippen LogP contribution in [0.1, 0.15) is 25.8 Å². The summed E-state index contributed by atoms with van der Waals surface area (Å²) in [6.45, 7) is 14.5. The molecule has 5 rings (SSSR count). The van der Waals surface area contributed by atoms with Gasteiger partial charge in [0.15, 0.2) is 5.84 Å². The number of hydrogen-bond acceptors (Lipinski definition) is 8. The summed E-state index contributed by atoms with van der Waals surface area (Å²) in [5.74, 6) is 2.54. The van der Waals surface area contributed by atoms with Crippen LogP contribution in [0.2, 0.25) is 0 Å².